The zero-order valence-electron chi connectivity index (χ0n) is 23.7. The number of carbonyl (C=O) groups excluding carboxylic acids is 1. The van der Waals surface area contributed by atoms with Crippen LogP contribution in [0.25, 0.3) is 11.0 Å². The van der Waals surface area contributed by atoms with Crippen LogP contribution in [0.4, 0.5) is 15.8 Å². The molecule has 1 aromatic heterocycles. The zero-order valence-corrected chi connectivity index (χ0v) is 23.7. The number of halogens is 1. The van der Waals surface area contributed by atoms with Gasteiger partial charge in [0.05, 0.1) is 42.2 Å². The average Bonchev–Trinajstić information content (AvgIpc) is 3.72. The fourth-order valence-corrected chi connectivity index (χ4v) is 5.77. The summed E-state index contributed by atoms with van der Waals surface area (Å²) in [6.07, 6.45) is 4.12. The van der Waals surface area contributed by atoms with E-state index in [1.54, 1.807) is 13.0 Å². The SMILES string of the molecule is C=CN=C(N=C(C)C(=O)Nc1ccc2c(nc(C)n2[C@H]2CCOC2)c1N1CCC[C@H]1CN)c1c(F)cccc1OC. The third-order valence-corrected chi connectivity index (χ3v) is 7.70. The highest BCUT2D eigenvalue weighted by Gasteiger charge is 2.31. The number of amidine groups is 1. The van der Waals surface area contributed by atoms with Crippen molar-refractivity contribution in [2.45, 2.75) is 45.2 Å². The highest BCUT2D eigenvalue weighted by atomic mass is 19.1. The molecule has 10 nitrogen and oxygen atoms in total. The third-order valence-electron chi connectivity index (χ3n) is 7.70. The number of amides is 1. The first kappa shape index (κ1) is 28.4. The van der Waals surface area contributed by atoms with Crippen LogP contribution >= 0.6 is 0 Å². The number of benzene rings is 2. The highest BCUT2D eigenvalue weighted by molar-refractivity contribution is 6.44. The predicted molar refractivity (Wildman–Crippen MR) is 160 cm³/mol. The molecule has 0 spiro atoms. The number of anilines is 2. The van der Waals surface area contributed by atoms with Gasteiger partial charge in [-0.3, -0.25) is 4.79 Å². The second-order valence-corrected chi connectivity index (χ2v) is 10.2. The Labute approximate surface area is 238 Å². The van der Waals surface area contributed by atoms with E-state index in [1.165, 1.54) is 25.4 Å². The predicted octanol–water partition coefficient (Wildman–Crippen LogP) is 4.37. The molecule has 0 radical (unpaired) electrons. The number of hydrogen-bond donors (Lipinski definition) is 2. The Kier molecular flexibility index (Phi) is 8.46. The Hall–Kier alpha value is -4.09. The molecule has 216 valence electrons. The number of imidazole rings is 1. The van der Waals surface area contributed by atoms with Gasteiger partial charge >= 0.3 is 0 Å². The maximum Gasteiger partial charge on any atom is 0.269 e. The van der Waals surface area contributed by atoms with Crippen molar-refractivity contribution in [1.82, 2.24) is 9.55 Å². The number of aromatic nitrogens is 2. The molecule has 0 aliphatic carbocycles. The lowest BCUT2D eigenvalue weighted by Crippen LogP contribution is -2.36. The van der Waals surface area contributed by atoms with Crippen LogP contribution in [0.3, 0.4) is 0 Å². The lowest BCUT2D eigenvalue weighted by Gasteiger charge is -2.28. The van der Waals surface area contributed by atoms with Crippen LogP contribution in [-0.2, 0) is 9.53 Å². The van der Waals surface area contributed by atoms with E-state index < -0.39 is 11.7 Å². The van der Waals surface area contributed by atoms with Gasteiger partial charge in [-0.1, -0.05) is 12.6 Å². The summed E-state index contributed by atoms with van der Waals surface area (Å²) in [5, 5.41) is 3.03. The molecule has 0 bridgehead atoms. The zero-order chi connectivity index (χ0) is 29.1. The van der Waals surface area contributed by atoms with Crippen molar-refractivity contribution in [2.75, 3.05) is 43.6 Å². The first-order valence-electron chi connectivity index (χ1n) is 13.8. The molecule has 2 aromatic carbocycles. The van der Waals surface area contributed by atoms with Crippen LogP contribution < -0.4 is 20.7 Å². The summed E-state index contributed by atoms with van der Waals surface area (Å²) < 4.78 is 28.0. The normalized spacial score (nSPS) is 19.7. The number of methoxy groups -OCH3 is 1. The standard InChI is InChI=1S/C30H36FN7O3/c1-5-33-29(26-22(31)9-6-10-25(26)40-4)34-18(2)30(39)36-23-11-12-24-27(28(23)37-14-7-8-20(37)16-32)35-19(3)38(24)21-13-15-41-17-21/h5-6,9-12,20-21H,1,7-8,13-17,32H2,2-4H3,(H,36,39)/t20-,21-/m0/s1. The number of fused-ring (bicyclic) bond motifs is 1. The monoisotopic (exact) mass is 561 g/mol. The molecule has 1 amide bonds. The van der Waals surface area contributed by atoms with Crippen LogP contribution in [0.1, 0.15) is 43.6 Å². The van der Waals surface area contributed by atoms with Crippen molar-refractivity contribution in [3.8, 4) is 5.75 Å². The average molecular weight is 562 g/mol. The quantitative estimate of drug-likeness (QED) is 0.311. The summed E-state index contributed by atoms with van der Waals surface area (Å²) in [7, 11) is 1.43. The van der Waals surface area contributed by atoms with Crippen molar-refractivity contribution in [3.05, 3.63) is 60.3 Å². The number of aliphatic imine (C=N–C) groups is 2. The molecule has 2 atom stereocenters. The summed E-state index contributed by atoms with van der Waals surface area (Å²) in [6.45, 7) is 9.83. The number of hydrogen-bond acceptors (Lipinski definition) is 7. The van der Waals surface area contributed by atoms with E-state index in [1.807, 2.05) is 19.1 Å². The number of ether oxygens (including phenoxy) is 2. The molecule has 3 N–H and O–H groups in total. The van der Waals surface area contributed by atoms with E-state index in [2.05, 4.69) is 31.3 Å². The first-order valence-corrected chi connectivity index (χ1v) is 13.8. The number of nitrogens with one attached hydrogen (secondary N) is 1. The lowest BCUT2D eigenvalue weighted by atomic mass is 10.1. The fourth-order valence-electron chi connectivity index (χ4n) is 5.77. The van der Waals surface area contributed by atoms with Crippen molar-refractivity contribution >= 4 is 39.9 Å². The molecule has 0 unspecified atom stereocenters. The van der Waals surface area contributed by atoms with Gasteiger partial charge in [0.2, 0.25) is 0 Å². The molecule has 3 heterocycles. The van der Waals surface area contributed by atoms with E-state index in [-0.39, 0.29) is 34.9 Å². The minimum atomic E-state index is -0.574. The second-order valence-electron chi connectivity index (χ2n) is 10.2. The van der Waals surface area contributed by atoms with Gasteiger partial charge in [0.1, 0.15) is 28.6 Å². The largest absolute Gasteiger partial charge is 0.496 e. The van der Waals surface area contributed by atoms with Crippen LogP contribution in [0.15, 0.2) is 53.1 Å². The summed E-state index contributed by atoms with van der Waals surface area (Å²) in [5.41, 5.74) is 9.55. The summed E-state index contributed by atoms with van der Waals surface area (Å²) >= 11 is 0. The smallest absolute Gasteiger partial charge is 0.269 e. The van der Waals surface area contributed by atoms with Crippen molar-refractivity contribution in [2.24, 2.45) is 15.7 Å². The number of rotatable bonds is 8. The molecular weight excluding hydrogens is 525 g/mol. The van der Waals surface area contributed by atoms with Gasteiger partial charge in [0.25, 0.3) is 5.91 Å². The molecule has 2 aliphatic heterocycles. The van der Waals surface area contributed by atoms with Crippen LogP contribution in [-0.4, -0.2) is 66.5 Å². The van der Waals surface area contributed by atoms with E-state index in [9.17, 15) is 9.18 Å². The Morgan fingerprint density at radius 2 is 2.17 bits per heavy atom. The summed E-state index contributed by atoms with van der Waals surface area (Å²) in [4.78, 5) is 29.3. The van der Waals surface area contributed by atoms with Gasteiger partial charge in [-0.25, -0.2) is 19.4 Å². The number of nitrogens with two attached hydrogens (primary N) is 1. The molecule has 2 aliphatic rings. The highest BCUT2D eigenvalue weighted by Crippen LogP contribution is 2.40. The topological polar surface area (TPSA) is 119 Å². The van der Waals surface area contributed by atoms with Crippen LogP contribution in [0, 0.1) is 12.7 Å². The molecular formula is C30H36FN7O3. The minimum absolute atomic E-state index is 0.0193. The van der Waals surface area contributed by atoms with E-state index in [0.29, 0.717) is 18.8 Å². The summed E-state index contributed by atoms with van der Waals surface area (Å²) in [6, 6.07) is 8.65. The molecule has 41 heavy (non-hydrogen) atoms. The number of aryl methyl sites for hydroxylation is 1. The first-order chi connectivity index (χ1) is 19.9. The lowest BCUT2D eigenvalue weighted by molar-refractivity contribution is -0.110. The molecule has 11 heteroatoms. The van der Waals surface area contributed by atoms with Crippen molar-refractivity contribution in [1.29, 1.82) is 0 Å². The van der Waals surface area contributed by atoms with Gasteiger partial charge < -0.3 is 30.0 Å². The Bertz CT molecular complexity index is 1520. The Morgan fingerprint density at radius 1 is 1.34 bits per heavy atom. The Balaban J connectivity index is 1.55. The van der Waals surface area contributed by atoms with E-state index in [4.69, 9.17) is 20.2 Å². The molecule has 5 rings (SSSR count). The molecule has 0 saturated carbocycles. The minimum Gasteiger partial charge on any atom is -0.496 e. The fraction of sp³-hybridized carbons (Fsp3) is 0.400. The van der Waals surface area contributed by atoms with E-state index >= 15 is 0 Å². The molecule has 2 fully saturated rings. The van der Waals surface area contributed by atoms with E-state index in [0.717, 1.165) is 55.0 Å². The maximum absolute atomic E-state index is 14.8. The van der Waals surface area contributed by atoms with Gasteiger partial charge in [0, 0.05) is 31.9 Å². The van der Waals surface area contributed by atoms with Crippen molar-refractivity contribution in [3.63, 3.8) is 0 Å². The van der Waals surface area contributed by atoms with Gasteiger partial charge in [-0.05, 0) is 57.4 Å². The van der Waals surface area contributed by atoms with Crippen molar-refractivity contribution < 1.29 is 18.7 Å². The molecule has 2 saturated heterocycles. The number of carbonyl (C=O) groups is 1. The molecule has 3 aromatic rings. The van der Waals surface area contributed by atoms with Gasteiger partial charge in [-0.2, -0.15) is 0 Å². The third kappa shape index (κ3) is 5.47. The van der Waals surface area contributed by atoms with Crippen LogP contribution in [0.5, 0.6) is 5.75 Å². The number of nitrogens with zero attached hydrogens (tertiary/aromatic N) is 5. The Morgan fingerprint density at radius 3 is 2.88 bits per heavy atom. The van der Waals surface area contributed by atoms with Crippen LogP contribution in [0.2, 0.25) is 0 Å². The van der Waals surface area contributed by atoms with Gasteiger partial charge in [0.15, 0.2) is 5.84 Å². The summed E-state index contributed by atoms with van der Waals surface area (Å²) in [5.74, 6) is 0.0900. The van der Waals surface area contributed by atoms with Gasteiger partial charge in [-0.15, -0.1) is 0 Å². The second kappa shape index (κ2) is 12.2. The maximum atomic E-state index is 14.8.